The SMILES string of the molecule is [B]C(=O)CNCC(=O)CN. The van der Waals surface area contributed by atoms with Crippen molar-refractivity contribution in [3.63, 3.8) is 0 Å². The molecule has 5 heteroatoms. The molecule has 0 rings (SSSR count). The molecular formula is C5H9BN2O2. The molecule has 0 unspecified atom stereocenters. The van der Waals surface area contributed by atoms with Crippen LogP contribution in [0.1, 0.15) is 0 Å². The van der Waals surface area contributed by atoms with Crippen molar-refractivity contribution < 1.29 is 9.59 Å². The summed E-state index contributed by atoms with van der Waals surface area (Å²) in [6.45, 7) is 0.122. The first-order valence-corrected chi connectivity index (χ1v) is 2.87. The molecule has 0 aliphatic carbocycles. The van der Waals surface area contributed by atoms with E-state index in [9.17, 15) is 9.59 Å². The van der Waals surface area contributed by atoms with E-state index < -0.39 is 5.68 Å². The molecule has 0 bridgehead atoms. The normalized spacial score (nSPS) is 9.30. The summed E-state index contributed by atoms with van der Waals surface area (Å²) in [6.07, 6.45) is 0. The Morgan fingerprint density at radius 3 is 2.40 bits per heavy atom. The fraction of sp³-hybridized carbons (Fsp3) is 0.600. The number of carbonyl (C=O) groups excluding carboxylic acids is 2. The van der Waals surface area contributed by atoms with Gasteiger partial charge in [0.15, 0.2) is 13.6 Å². The molecule has 0 spiro atoms. The summed E-state index contributed by atoms with van der Waals surface area (Å²) in [7, 11) is 4.78. The number of hydrogen-bond donors (Lipinski definition) is 2. The molecule has 4 nitrogen and oxygen atoms in total. The van der Waals surface area contributed by atoms with Crippen LogP contribution in [-0.2, 0) is 9.59 Å². The number of hydrogen-bond acceptors (Lipinski definition) is 4. The van der Waals surface area contributed by atoms with E-state index in [2.05, 4.69) is 5.32 Å². The van der Waals surface area contributed by atoms with Gasteiger partial charge in [-0.1, -0.05) is 0 Å². The Morgan fingerprint density at radius 2 is 2.00 bits per heavy atom. The topological polar surface area (TPSA) is 72.2 Å². The van der Waals surface area contributed by atoms with Crippen LogP contribution in [0, 0.1) is 0 Å². The summed E-state index contributed by atoms with van der Waals surface area (Å²) in [5.74, 6) is -0.138. The van der Waals surface area contributed by atoms with E-state index in [1.165, 1.54) is 0 Å². The van der Waals surface area contributed by atoms with E-state index in [0.29, 0.717) is 0 Å². The Morgan fingerprint density at radius 1 is 1.40 bits per heavy atom. The van der Waals surface area contributed by atoms with E-state index in [0.717, 1.165) is 0 Å². The monoisotopic (exact) mass is 140 g/mol. The third-order valence-corrected chi connectivity index (χ3v) is 0.849. The highest BCUT2D eigenvalue weighted by Gasteiger charge is 1.97. The van der Waals surface area contributed by atoms with Crippen LogP contribution >= 0.6 is 0 Å². The molecule has 0 aromatic rings. The minimum Gasteiger partial charge on any atom is -0.324 e. The van der Waals surface area contributed by atoms with Crippen LogP contribution < -0.4 is 11.1 Å². The van der Waals surface area contributed by atoms with Gasteiger partial charge in [-0.2, -0.15) is 0 Å². The van der Waals surface area contributed by atoms with Crippen LogP contribution in [-0.4, -0.2) is 38.9 Å². The van der Waals surface area contributed by atoms with Gasteiger partial charge >= 0.3 is 0 Å². The molecule has 0 saturated carbocycles. The van der Waals surface area contributed by atoms with Gasteiger partial charge in [-0.25, -0.2) is 0 Å². The molecule has 0 aromatic heterocycles. The van der Waals surface area contributed by atoms with Gasteiger partial charge in [0.2, 0.25) is 0 Å². The van der Waals surface area contributed by atoms with Gasteiger partial charge in [-0.05, 0) is 0 Å². The number of ketones is 1. The Bertz CT molecular complexity index is 138. The highest BCUT2D eigenvalue weighted by atomic mass is 16.1. The summed E-state index contributed by atoms with van der Waals surface area (Å²) in [5.41, 5.74) is 4.50. The summed E-state index contributed by atoms with van der Waals surface area (Å²) in [4.78, 5) is 20.5. The zero-order valence-corrected chi connectivity index (χ0v) is 5.59. The fourth-order valence-corrected chi connectivity index (χ4v) is 0.397. The molecule has 10 heavy (non-hydrogen) atoms. The van der Waals surface area contributed by atoms with E-state index in [4.69, 9.17) is 13.6 Å². The molecule has 3 N–H and O–H groups in total. The molecule has 2 radical (unpaired) electrons. The van der Waals surface area contributed by atoms with Gasteiger partial charge in [-0.15, -0.1) is 0 Å². The molecular weight excluding hydrogens is 131 g/mol. The first kappa shape index (κ1) is 9.32. The van der Waals surface area contributed by atoms with Crippen molar-refractivity contribution in [1.82, 2.24) is 5.32 Å². The molecule has 0 aliphatic rings. The number of carbonyl (C=O) groups is 2. The summed E-state index contributed by atoms with van der Waals surface area (Å²) in [6, 6.07) is 0. The van der Waals surface area contributed by atoms with Crippen molar-refractivity contribution in [2.24, 2.45) is 5.73 Å². The van der Waals surface area contributed by atoms with Gasteiger partial charge in [0, 0.05) is 6.54 Å². The highest BCUT2D eigenvalue weighted by Crippen LogP contribution is 1.64. The zero-order valence-electron chi connectivity index (χ0n) is 5.59. The second-order valence-corrected chi connectivity index (χ2v) is 1.81. The van der Waals surface area contributed by atoms with Crippen molar-refractivity contribution in [1.29, 1.82) is 0 Å². The third-order valence-electron chi connectivity index (χ3n) is 0.849. The Hall–Kier alpha value is -0.675. The van der Waals surface area contributed by atoms with Crippen LogP contribution in [0.2, 0.25) is 0 Å². The van der Waals surface area contributed by atoms with Gasteiger partial charge in [0.05, 0.1) is 18.8 Å². The van der Waals surface area contributed by atoms with Crippen LogP contribution in [0.3, 0.4) is 0 Å². The van der Waals surface area contributed by atoms with Crippen molar-refractivity contribution in [3.05, 3.63) is 0 Å². The van der Waals surface area contributed by atoms with Gasteiger partial charge in [-0.3, -0.25) is 4.79 Å². The lowest BCUT2D eigenvalue weighted by Gasteiger charge is -1.97. The van der Waals surface area contributed by atoms with Crippen LogP contribution in [0.5, 0.6) is 0 Å². The first-order valence-electron chi connectivity index (χ1n) is 2.87. The second-order valence-electron chi connectivity index (χ2n) is 1.81. The van der Waals surface area contributed by atoms with Gasteiger partial charge in [0.1, 0.15) is 0 Å². The maximum Gasteiger partial charge on any atom is 0.169 e. The lowest BCUT2D eigenvalue weighted by atomic mass is 10.0. The number of rotatable bonds is 5. The van der Waals surface area contributed by atoms with Gasteiger partial charge < -0.3 is 15.8 Å². The van der Waals surface area contributed by atoms with Crippen molar-refractivity contribution in [3.8, 4) is 0 Å². The molecule has 0 amide bonds. The Labute approximate surface area is 60.6 Å². The molecule has 0 saturated heterocycles. The average Bonchev–Trinajstić information content (AvgIpc) is 1.87. The standard InChI is InChI=1S/C5H9BN2O2/c6-5(10)3-8-2-4(9)1-7/h8H,1-3,7H2. The zero-order chi connectivity index (χ0) is 7.98. The maximum atomic E-state index is 10.5. The minimum absolute atomic E-state index is 0.00817. The van der Waals surface area contributed by atoms with Crippen LogP contribution in [0.25, 0.3) is 0 Å². The number of nitrogens with two attached hydrogens (primary N) is 1. The quantitative estimate of drug-likeness (QED) is 0.425. The molecule has 0 aliphatic heterocycles. The summed E-state index contributed by atoms with van der Waals surface area (Å²) in [5, 5.41) is 2.53. The maximum absolute atomic E-state index is 10.5. The molecule has 0 heterocycles. The number of nitrogens with one attached hydrogen (secondary N) is 1. The predicted molar refractivity (Wildman–Crippen MR) is 37.7 cm³/mol. The lowest BCUT2D eigenvalue weighted by Crippen LogP contribution is -2.31. The van der Waals surface area contributed by atoms with E-state index in [1.54, 1.807) is 0 Å². The minimum atomic E-state index is -0.482. The number of Topliss-reactive ketones (excluding diaryl/α,β-unsaturated/α-hetero) is 1. The average molecular weight is 140 g/mol. The van der Waals surface area contributed by atoms with Gasteiger partial charge in [0.25, 0.3) is 0 Å². The summed E-state index contributed by atoms with van der Waals surface area (Å²) < 4.78 is 0. The van der Waals surface area contributed by atoms with Crippen molar-refractivity contribution in [2.45, 2.75) is 0 Å². The smallest absolute Gasteiger partial charge is 0.169 e. The van der Waals surface area contributed by atoms with Crippen molar-refractivity contribution >= 4 is 19.3 Å². The summed E-state index contributed by atoms with van der Waals surface area (Å²) >= 11 is 0. The molecule has 0 atom stereocenters. The van der Waals surface area contributed by atoms with Crippen molar-refractivity contribution in [2.75, 3.05) is 19.6 Å². The van der Waals surface area contributed by atoms with E-state index in [-0.39, 0.29) is 25.4 Å². The largest absolute Gasteiger partial charge is 0.324 e. The highest BCUT2D eigenvalue weighted by molar-refractivity contribution is 6.58. The third kappa shape index (κ3) is 5.46. The molecule has 0 fully saturated rings. The van der Waals surface area contributed by atoms with E-state index >= 15 is 0 Å². The van der Waals surface area contributed by atoms with Crippen LogP contribution in [0.15, 0.2) is 0 Å². The second kappa shape index (κ2) is 5.14. The lowest BCUT2D eigenvalue weighted by molar-refractivity contribution is -0.117. The fourth-order valence-electron chi connectivity index (χ4n) is 0.397. The van der Waals surface area contributed by atoms with Crippen LogP contribution in [0.4, 0.5) is 0 Å². The Kier molecular flexibility index (Phi) is 4.79. The van der Waals surface area contributed by atoms with E-state index in [1.807, 2.05) is 0 Å². The Balaban J connectivity index is 3.20. The molecule has 0 aromatic carbocycles. The molecule has 54 valence electrons. The first-order chi connectivity index (χ1) is 4.66. The predicted octanol–water partition coefficient (Wildman–Crippen LogP) is -2.20.